The molecule has 2 atom stereocenters. The Balaban J connectivity index is 1.50. The Morgan fingerprint density at radius 2 is 1.00 bits per heavy atom. The van der Waals surface area contributed by atoms with E-state index in [1.807, 2.05) is 6.26 Å². The van der Waals surface area contributed by atoms with Gasteiger partial charge in [-0.1, -0.05) is 101 Å². The molecule has 1 aromatic heterocycles. The van der Waals surface area contributed by atoms with Gasteiger partial charge in [-0.3, -0.25) is 0 Å². The van der Waals surface area contributed by atoms with Crippen molar-refractivity contribution in [3.05, 3.63) is 92.2 Å². The summed E-state index contributed by atoms with van der Waals surface area (Å²) < 4.78 is 20.4. The van der Waals surface area contributed by atoms with Crippen molar-refractivity contribution in [2.24, 2.45) is 0 Å². The third-order valence-electron chi connectivity index (χ3n) is 10.3. The second-order valence-electron chi connectivity index (χ2n) is 15.5. The smallest absolute Gasteiger partial charge is 0.137 e. The first-order valence-electron chi connectivity index (χ1n) is 17.5. The monoisotopic (exact) mass is 606 g/mol. The van der Waals surface area contributed by atoms with Crippen molar-refractivity contribution in [3.63, 3.8) is 0 Å². The van der Waals surface area contributed by atoms with E-state index in [9.17, 15) is 0 Å². The second kappa shape index (κ2) is 11.9. The van der Waals surface area contributed by atoms with E-state index in [1.54, 1.807) is 0 Å². The maximum atomic E-state index is 7.24. The maximum Gasteiger partial charge on any atom is 0.137 e. The SMILES string of the molecule is CC(C)c1ccc(C(C)C)c2c1CC(c1cc(C(C)C)c3c(c1C(C)C)OC(c1cc(C(C)C)c4occc4c1C(C)C)C3)O2. The van der Waals surface area contributed by atoms with Gasteiger partial charge >= 0.3 is 0 Å². The van der Waals surface area contributed by atoms with Gasteiger partial charge in [-0.15, -0.1) is 0 Å². The lowest BCUT2D eigenvalue weighted by Crippen LogP contribution is -2.12. The molecule has 240 valence electrons. The predicted molar refractivity (Wildman–Crippen MR) is 188 cm³/mol. The summed E-state index contributed by atoms with van der Waals surface area (Å²) in [4.78, 5) is 0. The van der Waals surface area contributed by atoms with Gasteiger partial charge in [0.1, 0.15) is 29.3 Å². The van der Waals surface area contributed by atoms with E-state index in [-0.39, 0.29) is 12.2 Å². The number of fused-ring (bicyclic) bond motifs is 3. The van der Waals surface area contributed by atoms with Gasteiger partial charge in [0.25, 0.3) is 0 Å². The molecule has 3 heteroatoms. The van der Waals surface area contributed by atoms with Crippen LogP contribution >= 0.6 is 0 Å². The van der Waals surface area contributed by atoms with Crippen molar-refractivity contribution < 1.29 is 13.9 Å². The molecule has 3 heterocycles. The molecule has 0 aliphatic carbocycles. The first kappa shape index (κ1) is 31.8. The molecule has 3 nitrogen and oxygen atoms in total. The zero-order valence-electron chi connectivity index (χ0n) is 29.7. The minimum absolute atomic E-state index is 0.0127. The quantitative estimate of drug-likeness (QED) is 0.200. The van der Waals surface area contributed by atoms with E-state index < -0.39 is 0 Å². The van der Waals surface area contributed by atoms with E-state index in [4.69, 9.17) is 13.9 Å². The van der Waals surface area contributed by atoms with Crippen LogP contribution in [0, 0.1) is 0 Å². The van der Waals surface area contributed by atoms with Crippen LogP contribution in [0.5, 0.6) is 11.5 Å². The first-order chi connectivity index (χ1) is 21.3. The van der Waals surface area contributed by atoms with Crippen molar-refractivity contribution in [3.8, 4) is 11.5 Å². The topological polar surface area (TPSA) is 31.6 Å². The van der Waals surface area contributed by atoms with Crippen LogP contribution < -0.4 is 9.47 Å². The van der Waals surface area contributed by atoms with Crippen LogP contribution in [0.1, 0.15) is 186 Å². The molecule has 0 bridgehead atoms. The van der Waals surface area contributed by atoms with Crippen LogP contribution in [-0.4, -0.2) is 0 Å². The molecule has 4 aromatic rings. The molecule has 2 aliphatic heterocycles. The second-order valence-corrected chi connectivity index (χ2v) is 15.5. The highest BCUT2D eigenvalue weighted by Crippen LogP contribution is 2.53. The average Bonchev–Trinajstić information content (AvgIpc) is 3.72. The van der Waals surface area contributed by atoms with Crippen molar-refractivity contribution in [1.29, 1.82) is 0 Å². The summed E-state index contributed by atoms with van der Waals surface area (Å²) in [6, 6.07) is 11.7. The molecular formula is C42H54O3. The average molecular weight is 607 g/mol. The molecule has 0 radical (unpaired) electrons. The number of hydrogen-bond acceptors (Lipinski definition) is 3. The Morgan fingerprint density at radius 1 is 0.511 bits per heavy atom. The third-order valence-corrected chi connectivity index (χ3v) is 10.3. The summed E-state index contributed by atoms with van der Waals surface area (Å²) in [6.45, 7) is 27.6. The fourth-order valence-corrected chi connectivity index (χ4v) is 8.12. The number of benzene rings is 3. The van der Waals surface area contributed by atoms with Gasteiger partial charge < -0.3 is 13.9 Å². The van der Waals surface area contributed by atoms with Gasteiger partial charge in [-0.25, -0.2) is 0 Å². The Labute approximate surface area is 271 Å². The summed E-state index contributed by atoms with van der Waals surface area (Å²) in [7, 11) is 0. The molecule has 2 unspecified atom stereocenters. The minimum Gasteiger partial charge on any atom is -0.485 e. The predicted octanol–water partition coefficient (Wildman–Crippen LogP) is 12.5. The summed E-state index contributed by atoms with van der Waals surface area (Å²) in [5.41, 5.74) is 14.5. The standard InChI is InChI=1S/C42H54O3/c1-21(2)27-13-14-28(22(3)4)41-32(27)19-37(44-41)35-17-30(23(5)6)33-20-36(45-42(33)39(35)26(11)12)34-18-31(24(7)8)40-29(15-16-43-40)38(34)25(9)10/h13-18,21-26,36-37H,19-20H2,1-12H3. The largest absolute Gasteiger partial charge is 0.485 e. The van der Waals surface area contributed by atoms with E-state index in [2.05, 4.69) is 113 Å². The highest BCUT2D eigenvalue weighted by Gasteiger charge is 2.39. The Morgan fingerprint density at radius 3 is 1.56 bits per heavy atom. The van der Waals surface area contributed by atoms with Gasteiger partial charge in [0.15, 0.2) is 0 Å². The van der Waals surface area contributed by atoms with Gasteiger partial charge in [0, 0.05) is 40.5 Å². The van der Waals surface area contributed by atoms with Crippen LogP contribution in [0.25, 0.3) is 11.0 Å². The van der Waals surface area contributed by atoms with E-state index >= 15 is 0 Å². The zero-order valence-corrected chi connectivity index (χ0v) is 29.7. The summed E-state index contributed by atoms with van der Waals surface area (Å²) in [5.74, 6) is 4.51. The molecule has 45 heavy (non-hydrogen) atoms. The minimum atomic E-state index is -0.0266. The van der Waals surface area contributed by atoms with Gasteiger partial charge in [0.2, 0.25) is 0 Å². The molecule has 0 spiro atoms. The van der Waals surface area contributed by atoms with Gasteiger partial charge in [0.05, 0.1) is 6.26 Å². The first-order valence-corrected chi connectivity index (χ1v) is 17.5. The highest BCUT2D eigenvalue weighted by molar-refractivity contribution is 5.86. The number of hydrogen-bond donors (Lipinski definition) is 0. The van der Waals surface area contributed by atoms with E-state index in [0.29, 0.717) is 35.5 Å². The van der Waals surface area contributed by atoms with Crippen molar-refractivity contribution in [2.75, 3.05) is 0 Å². The molecule has 0 N–H and O–H groups in total. The van der Waals surface area contributed by atoms with Crippen molar-refractivity contribution in [2.45, 2.75) is 144 Å². The summed E-state index contributed by atoms with van der Waals surface area (Å²) in [5, 5.41) is 1.23. The Bertz CT molecular complexity index is 1690. The third kappa shape index (κ3) is 5.29. The number of furan rings is 1. The molecule has 0 saturated carbocycles. The molecule has 0 amide bonds. The molecule has 6 rings (SSSR count). The fraction of sp³-hybridized carbons (Fsp3) is 0.524. The van der Waals surface area contributed by atoms with Gasteiger partial charge in [-0.2, -0.15) is 0 Å². The summed E-state index contributed by atoms with van der Waals surface area (Å²) >= 11 is 0. The van der Waals surface area contributed by atoms with Crippen LogP contribution in [-0.2, 0) is 12.8 Å². The fourth-order valence-electron chi connectivity index (χ4n) is 8.12. The van der Waals surface area contributed by atoms with Gasteiger partial charge in [-0.05, 0) is 81.0 Å². The van der Waals surface area contributed by atoms with Crippen LogP contribution in [0.2, 0.25) is 0 Å². The van der Waals surface area contributed by atoms with Crippen molar-refractivity contribution in [1.82, 2.24) is 0 Å². The maximum absolute atomic E-state index is 7.24. The lowest BCUT2D eigenvalue weighted by atomic mass is 9.82. The number of ether oxygens (including phenoxy) is 2. The molecule has 3 aromatic carbocycles. The van der Waals surface area contributed by atoms with Crippen molar-refractivity contribution >= 4 is 11.0 Å². The summed E-state index contributed by atoms with van der Waals surface area (Å²) in [6.07, 6.45) is 3.62. The highest BCUT2D eigenvalue weighted by atomic mass is 16.5. The lowest BCUT2D eigenvalue weighted by Gasteiger charge is -2.25. The zero-order chi connectivity index (χ0) is 32.5. The normalized spacial score (nSPS) is 17.8. The van der Waals surface area contributed by atoms with Crippen LogP contribution in [0.15, 0.2) is 41.0 Å². The van der Waals surface area contributed by atoms with E-state index in [0.717, 1.165) is 29.9 Å². The Hall–Kier alpha value is -3.20. The van der Waals surface area contributed by atoms with E-state index in [1.165, 1.54) is 61.0 Å². The Kier molecular flexibility index (Phi) is 8.38. The molecule has 0 saturated heterocycles. The molecule has 0 fully saturated rings. The van der Waals surface area contributed by atoms with Crippen LogP contribution in [0.3, 0.4) is 0 Å². The lowest BCUT2D eigenvalue weighted by molar-refractivity contribution is 0.224. The van der Waals surface area contributed by atoms with Crippen LogP contribution in [0.4, 0.5) is 0 Å². The molecular weight excluding hydrogens is 552 g/mol. The number of rotatable bonds is 8. The molecule has 2 aliphatic rings.